The van der Waals surface area contributed by atoms with E-state index in [0.717, 1.165) is 6.92 Å². The van der Waals surface area contributed by atoms with Gasteiger partial charge in [-0.2, -0.15) is 0 Å². The van der Waals surface area contributed by atoms with E-state index < -0.39 is 12.3 Å². The van der Waals surface area contributed by atoms with E-state index in [0.29, 0.717) is 0 Å². The number of esters is 1. The van der Waals surface area contributed by atoms with Gasteiger partial charge >= 0.3 is 5.97 Å². The predicted octanol–water partition coefficient (Wildman–Crippen LogP) is 1.21. The number of ketones is 1. The van der Waals surface area contributed by atoms with E-state index in [1.165, 1.54) is 0 Å². The van der Waals surface area contributed by atoms with E-state index in [-0.39, 0.29) is 18.6 Å². The molecule has 0 rings (SSSR count). The van der Waals surface area contributed by atoms with Crippen LogP contribution >= 0.6 is 0 Å². The first-order valence-electron chi connectivity index (χ1n) is 3.39. The Morgan fingerprint density at radius 2 is 2.09 bits per heavy atom. The van der Waals surface area contributed by atoms with Crippen LogP contribution in [0.25, 0.3) is 0 Å². The zero-order valence-electron chi connectivity index (χ0n) is 6.59. The number of carbonyl (C=O) groups excluding carboxylic acids is 2. The lowest BCUT2D eigenvalue weighted by Gasteiger charge is -2.05. The number of Topliss-reactive ketones (excluding diaryl/α,β-unsaturated/α-hetero) is 1. The molecular weight excluding hydrogens is 151 g/mol. The topological polar surface area (TPSA) is 43.4 Å². The lowest BCUT2D eigenvalue weighted by Crippen LogP contribution is -2.14. The molecule has 0 spiro atoms. The molecule has 0 aliphatic heterocycles. The Balaban J connectivity index is 3.60. The highest BCUT2D eigenvalue weighted by molar-refractivity contribution is 5.78. The number of hydrogen-bond donors (Lipinski definition) is 0. The third-order valence-electron chi connectivity index (χ3n) is 1.08. The van der Waals surface area contributed by atoms with Crippen molar-refractivity contribution in [2.24, 2.45) is 0 Å². The zero-order chi connectivity index (χ0) is 8.85. The third kappa shape index (κ3) is 5.51. The average Bonchev–Trinajstić information content (AvgIpc) is 1.85. The Labute approximate surface area is 64.5 Å². The smallest absolute Gasteiger partial charge is 0.305 e. The number of carbonyl (C=O) groups is 2. The summed E-state index contributed by atoms with van der Waals surface area (Å²) >= 11 is 0. The van der Waals surface area contributed by atoms with Crippen LogP contribution in [0.1, 0.15) is 26.7 Å². The minimum atomic E-state index is -1.78. The van der Waals surface area contributed by atoms with Crippen molar-refractivity contribution in [1.82, 2.24) is 0 Å². The molecule has 0 aromatic heterocycles. The molecule has 4 heteroatoms. The van der Waals surface area contributed by atoms with E-state index in [9.17, 15) is 14.0 Å². The summed E-state index contributed by atoms with van der Waals surface area (Å²) in [7, 11) is 0. The Morgan fingerprint density at radius 3 is 2.45 bits per heavy atom. The van der Waals surface area contributed by atoms with Gasteiger partial charge in [-0.3, -0.25) is 9.59 Å². The normalized spacial score (nSPS) is 12.3. The van der Waals surface area contributed by atoms with Crippen LogP contribution in [-0.2, 0) is 14.3 Å². The Morgan fingerprint density at radius 1 is 1.55 bits per heavy atom. The summed E-state index contributed by atoms with van der Waals surface area (Å²) in [6, 6.07) is 0. The van der Waals surface area contributed by atoms with E-state index in [1.54, 1.807) is 6.92 Å². The zero-order valence-corrected chi connectivity index (χ0v) is 6.59. The second-order valence-electron chi connectivity index (χ2n) is 2.12. The van der Waals surface area contributed by atoms with E-state index in [2.05, 4.69) is 4.74 Å². The highest BCUT2D eigenvalue weighted by Crippen LogP contribution is 2.02. The van der Waals surface area contributed by atoms with Gasteiger partial charge in [0.25, 0.3) is 0 Å². The van der Waals surface area contributed by atoms with Gasteiger partial charge in [0, 0.05) is 13.3 Å². The largest absolute Gasteiger partial charge is 0.431 e. The van der Waals surface area contributed by atoms with E-state index >= 15 is 0 Å². The van der Waals surface area contributed by atoms with Gasteiger partial charge in [0.1, 0.15) is 5.78 Å². The lowest BCUT2D eigenvalue weighted by molar-refractivity contribution is -0.156. The molecule has 0 aliphatic rings. The number of alkyl halides is 1. The molecule has 0 radical (unpaired) electrons. The molecule has 0 amide bonds. The molecule has 1 unspecified atom stereocenters. The Bertz CT molecular complexity index is 156. The number of ether oxygens (including phenoxy) is 1. The predicted molar refractivity (Wildman–Crippen MR) is 36.6 cm³/mol. The fourth-order valence-electron chi connectivity index (χ4n) is 0.545. The number of rotatable bonds is 4. The first-order valence-corrected chi connectivity index (χ1v) is 3.39. The second-order valence-corrected chi connectivity index (χ2v) is 2.12. The first kappa shape index (κ1) is 10.1. The first-order chi connectivity index (χ1) is 5.06. The molecule has 0 saturated heterocycles. The molecule has 0 bridgehead atoms. The summed E-state index contributed by atoms with van der Waals surface area (Å²) in [6.07, 6.45) is -1.85. The molecule has 1 atom stereocenters. The molecule has 0 heterocycles. The van der Waals surface area contributed by atoms with Gasteiger partial charge in [-0.05, 0) is 0 Å². The molecule has 11 heavy (non-hydrogen) atoms. The summed E-state index contributed by atoms with van der Waals surface area (Å²) in [6.45, 7) is 2.73. The fraction of sp³-hybridized carbons (Fsp3) is 0.714. The van der Waals surface area contributed by atoms with Crippen LogP contribution in [0.4, 0.5) is 4.39 Å². The van der Waals surface area contributed by atoms with Crippen molar-refractivity contribution >= 4 is 11.8 Å². The van der Waals surface area contributed by atoms with Gasteiger partial charge < -0.3 is 4.74 Å². The molecule has 0 N–H and O–H groups in total. The van der Waals surface area contributed by atoms with Gasteiger partial charge in [0.05, 0.1) is 6.42 Å². The fourth-order valence-corrected chi connectivity index (χ4v) is 0.545. The van der Waals surface area contributed by atoms with Crippen LogP contribution in [0, 0.1) is 0 Å². The van der Waals surface area contributed by atoms with Crippen LogP contribution in [-0.4, -0.2) is 18.1 Å². The van der Waals surface area contributed by atoms with Crippen molar-refractivity contribution in [3.63, 3.8) is 0 Å². The standard InChI is InChI=1S/C7H11FO3/c1-3-6(10)4-7(8)11-5(2)9/h7H,3-4H2,1-2H3. The summed E-state index contributed by atoms with van der Waals surface area (Å²) in [5.74, 6) is -0.958. The van der Waals surface area contributed by atoms with Crippen LogP contribution in [0.3, 0.4) is 0 Å². The minimum absolute atomic E-state index is 0.251. The summed E-state index contributed by atoms with van der Waals surface area (Å²) in [5, 5.41) is 0. The maximum absolute atomic E-state index is 12.4. The molecule has 0 aromatic rings. The van der Waals surface area contributed by atoms with Gasteiger partial charge in [-0.1, -0.05) is 6.92 Å². The van der Waals surface area contributed by atoms with Crippen molar-refractivity contribution in [1.29, 1.82) is 0 Å². The molecule has 3 nitrogen and oxygen atoms in total. The van der Waals surface area contributed by atoms with Crippen LogP contribution in [0.5, 0.6) is 0 Å². The van der Waals surface area contributed by atoms with Crippen molar-refractivity contribution in [3.8, 4) is 0 Å². The molecule has 0 aliphatic carbocycles. The molecule has 0 fully saturated rings. The lowest BCUT2D eigenvalue weighted by atomic mass is 10.2. The number of hydrogen-bond acceptors (Lipinski definition) is 3. The second kappa shape index (κ2) is 4.82. The third-order valence-corrected chi connectivity index (χ3v) is 1.08. The molecule has 64 valence electrons. The van der Waals surface area contributed by atoms with Gasteiger partial charge in [-0.25, -0.2) is 4.39 Å². The average molecular weight is 162 g/mol. The van der Waals surface area contributed by atoms with Crippen molar-refractivity contribution < 1.29 is 18.7 Å². The quantitative estimate of drug-likeness (QED) is 0.583. The summed E-state index contributed by atoms with van der Waals surface area (Å²) < 4.78 is 16.5. The van der Waals surface area contributed by atoms with E-state index in [4.69, 9.17) is 0 Å². The monoisotopic (exact) mass is 162 g/mol. The van der Waals surface area contributed by atoms with Crippen molar-refractivity contribution in [2.45, 2.75) is 33.0 Å². The highest BCUT2D eigenvalue weighted by Gasteiger charge is 2.13. The molecular formula is C7H11FO3. The van der Waals surface area contributed by atoms with Crippen LogP contribution in [0.2, 0.25) is 0 Å². The Kier molecular flexibility index (Phi) is 4.41. The maximum Gasteiger partial charge on any atom is 0.305 e. The van der Waals surface area contributed by atoms with Crippen LogP contribution in [0.15, 0.2) is 0 Å². The summed E-state index contributed by atoms with van der Waals surface area (Å²) in [4.78, 5) is 20.7. The van der Waals surface area contributed by atoms with Crippen molar-refractivity contribution in [3.05, 3.63) is 0 Å². The molecule has 0 aromatic carbocycles. The number of halogens is 1. The SMILES string of the molecule is CCC(=O)CC(F)OC(C)=O. The molecule has 0 saturated carbocycles. The van der Waals surface area contributed by atoms with Crippen molar-refractivity contribution in [2.75, 3.05) is 0 Å². The van der Waals surface area contributed by atoms with Crippen LogP contribution < -0.4 is 0 Å². The minimum Gasteiger partial charge on any atom is -0.431 e. The van der Waals surface area contributed by atoms with Gasteiger partial charge in [0.2, 0.25) is 6.36 Å². The maximum atomic E-state index is 12.4. The summed E-state index contributed by atoms with van der Waals surface area (Å²) in [5.41, 5.74) is 0. The van der Waals surface area contributed by atoms with E-state index in [1.807, 2.05) is 0 Å². The van der Waals surface area contributed by atoms with Gasteiger partial charge in [-0.15, -0.1) is 0 Å². The Hall–Kier alpha value is -0.930. The van der Waals surface area contributed by atoms with Gasteiger partial charge in [0.15, 0.2) is 0 Å². The highest BCUT2D eigenvalue weighted by atomic mass is 19.1.